The summed E-state index contributed by atoms with van der Waals surface area (Å²) in [5, 5.41) is 5.71. The molecule has 158 valence electrons. The average molecular weight is 414 g/mol. The maximum Gasteiger partial charge on any atom is 0.408 e. The van der Waals surface area contributed by atoms with Crippen LogP contribution in [0, 0.1) is 0 Å². The minimum Gasteiger partial charge on any atom is -0.462 e. The molecule has 0 bridgehead atoms. The van der Waals surface area contributed by atoms with Crippen molar-refractivity contribution in [1.29, 1.82) is 0 Å². The van der Waals surface area contributed by atoms with Gasteiger partial charge in [0.15, 0.2) is 5.13 Å². The Morgan fingerprint density at radius 3 is 2.25 bits per heavy atom. The van der Waals surface area contributed by atoms with Crippen LogP contribution in [-0.4, -0.2) is 40.7 Å². The van der Waals surface area contributed by atoms with Crippen LogP contribution < -0.4 is 10.6 Å². The van der Waals surface area contributed by atoms with Crippen molar-refractivity contribution in [3.63, 3.8) is 0 Å². The standard InChI is InChI=1S/C19H31N3O5S/c1-9-26-15(24)14-13(11(2)3)21-16(28-14)20-12(23)10-19(7,8)22-17(25)27-18(4,5)6/h11H,9-10H2,1-8H3,(H,22,25)(H,20,21,23). The third-order valence-electron chi connectivity index (χ3n) is 3.35. The molecule has 2 N–H and O–H groups in total. The van der Waals surface area contributed by atoms with E-state index in [1.54, 1.807) is 41.5 Å². The van der Waals surface area contributed by atoms with Crippen LogP contribution in [0.25, 0.3) is 0 Å². The van der Waals surface area contributed by atoms with Crippen LogP contribution in [0.5, 0.6) is 0 Å². The summed E-state index contributed by atoms with van der Waals surface area (Å²) in [5.74, 6) is -0.775. The summed E-state index contributed by atoms with van der Waals surface area (Å²) in [5.41, 5.74) is -0.862. The molecule has 1 aromatic rings. The number of hydrogen-bond acceptors (Lipinski definition) is 7. The number of hydrogen-bond donors (Lipinski definition) is 2. The summed E-state index contributed by atoms with van der Waals surface area (Å²) in [7, 11) is 0. The predicted molar refractivity (Wildman–Crippen MR) is 109 cm³/mol. The molecule has 0 aliphatic heterocycles. The number of nitrogens with zero attached hydrogens (tertiary/aromatic N) is 1. The molecule has 9 heteroatoms. The number of alkyl carbamates (subject to hydrolysis) is 1. The number of carbonyl (C=O) groups excluding carboxylic acids is 3. The van der Waals surface area contributed by atoms with E-state index in [-0.39, 0.29) is 24.9 Å². The monoisotopic (exact) mass is 413 g/mol. The summed E-state index contributed by atoms with van der Waals surface area (Å²) in [6.07, 6.45) is -0.580. The SMILES string of the molecule is CCOC(=O)c1sc(NC(=O)CC(C)(C)NC(=O)OC(C)(C)C)nc1C(C)C. The van der Waals surface area contributed by atoms with E-state index in [4.69, 9.17) is 9.47 Å². The van der Waals surface area contributed by atoms with E-state index in [0.29, 0.717) is 15.7 Å². The van der Waals surface area contributed by atoms with Gasteiger partial charge in [0.1, 0.15) is 10.5 Å². The van der Waals surface area contributed by atoms with Crippen molar-refractivity contribution in [3.8, 4) is 0 Å². The summed E-state index contributed by atoms with van der Waals surface area (Å²) >= 11 is 1.08. The van der Waals surface area contributed by atoms with Gasteiger partial charge in [-0.2, -0.15) is 0 Å². The largest absolute Gasteiger partial charge is 0.462 e. The quantitative estimate of drug-likeness (QED) is 0.653. The van der Waals surface area contributed by atoms with E-state index in [0.717, 1.165) is 11.3 Å². The van der Waals surface area contributed by atoms with Gasteiger partial charge < -0.3 is 20.1 Å². The lowest BCUT2D eigenvalue weighted by atomic mass is 10.0. The van der Waals surface area contributed by atoms with E-state index >= 15 is 0 Å². The molecule has 1 heterocycles. The Balaban J connectivity index is 2.80. The second-order valence-electron chi connectivity index (χ2n) is 8.34. The highest BCUT2D eigenvalue weighted by Crippen LogP contribution is 2.29. The molecule has 0 spiro atoms. The minimum atomic E-state index is -0.825. The third kappa shape index (κ3) is 7.84. The molecule has 0 saturated carbocycles. The lowest BCUT2D eigenvalue weighted by Gasteiger charge is -2.28. The Morgan fingerprint density at radius 1 is 1.14 bits per heavy atom. The van der Waals surface area contributed by atoms with Gasteiger partial charge in [-0.15, -0.1) is 0 Å². The second kappa shape index (κ2) is 9.36. The molecule has 0 aliphatic rings. The van der Waals surface area contributed by atoms with E-state index in [1.807, 2.05) is 13.8 Å². The zero-order valence-corrected chi connectivity index (χ0v) is 18.7. The van der Waals surface area contributed by atoms with Gasteiger partial charge >= 0.3 is 12.1 Å². The Morgan fingerprint density at radius 2 is 1.75 bits per heavy atom. The number of carbonyl (C=O) groups is 3. The molecular formula is C19H31N3O5S. The molecule has 28 heavy (non-hydrogen) atoms. The smallest absolute Gasteiger partial charge is 0.408 e. The molecular weight excluding hydrogens is 382 g/mol. The fourth-order valence-electron chi connectivity index (χ4n) is 2.31. The zero-order valence-electron chi connectivity index (χ0n) is 17.9. The second-order valence-corrected chi connectivity index (χ2v) is 9.34. The highest BCUT2D eigenvalue weighted by molar-refractivity contribution is 7.17. The van der Waals surface area contributed by atoms with Gasteiger partial charge in [0.25, 0.3) is 0 Å². The number of aromatic nitrogens is 1. The first-order valence-corrected chi connectivity index (χ1v) is 10.0. The van der Waals surface area contributed by atoms with E-state index in [1.165, 1.54) is 0 Å². The van der Waals surface area contributed by atoms with E-state index in [2.05, 4.69) is 15.6 Å². The summed E-state index contributed by atoms with van der Waals surface area (Å²) in [6.45, 7) is 14.6. The number of esters is 1. The van der Waals surface area contributed by atoms with Crippen molar-refractivity contribution >= 4 is 34.4 Å². The van der Waals surface area contributed by atoms with E-state index < -0.39 is 23.2 Å². The predicted octanol–water partition coefficient (Wildman–Crippen LogP) is 4.08. The number of rotatable bonds is 7. The van der Waals surface area contributed by atoms with Crippen LogP contribution in [0.1, 0.15) is 83.1 Å². The number of thiazole rings is 1. The number of ether oxygens (including phenoxy) is 2. The first kappa shape index (κ1) is 23.9. The first-order chi connectivity index (χ1) is 12.7. The summed E-state index contributed by atoms with van der Waals surface area (Å²) in [4.78, 5) is 41.2. The van der Waals surface area contributed by atoms with Crippen LogP contribution in [0.2, 0.25) is 0 Å². The molecule has 0 aromatic carbocycles. The van der Waals surface area contributed by atoms with E-state index in [9.17, 15) is 14.4 Å². The highest BCUT2D eigenvalue weighted by atomic mass is 32.1. The van der Waals surface area contributed by atoms with Crippen molar-refractivity contribution in [1.82, 2.24) is 10.3 Å². The van der Waals surface area contributed by atoms with Gasteiger partial charge in [-0.1, -0.05) is 25.2 Å². The fraction of sp³-hybridized carbons (Fsp3) is 0.684. The van der Waals surface area contributed by atoms with Crippen LogP contribution in [0.15, 0.2) is 0 Å². The molecule has 0 saturated heterocycles. The van der Waals surface area contributed by atoms with Gasteiger partial charge in [-0.05, 0) is 47.5 Å². The molecule has 0 fully saturated rings. The molecule has 8 nitrogen and oxygen atoms in total. The van der Waals surface area contributed by atoms with Gasteiger partial charge in [0.2, 0.25) is 5.91 Å². The Kier molecular flexibility index (Phi) is 7.98. The lowest BCUT2D eigenvalue weighted by molar-refractivity contribution is -0.117. The van der Waals surface area contributed by atoms with Gasteiger partial charge in [-0.3, -0.25) is 4.79 Å². The fourth-order valence-corrected chi connectivity index (χ4v) is 3.34. The number of anilines is 1. The first-order valence-electron chi connectivity index (χ1n) is 9.23. The van der Waals surface area contributed by atoms with Crippen molar-refractivity contribution in [2.45, 2.75) is 78.9 Å². The van der Waals surface area contributed by atoms with Crippen molar-refractivity contribution in [3.05, 3.63) is 10.6 Å². The molecule has 0 atom stereocenters. The van der Waals surface area contributed by atoms with Crippen molar-refractivity contribution < 1.29 is 23.9 Å². The molecule has 0 unspecified atom stereocenters. The molecule has 0 aliphatic carbocycles. The van der Waals surface area contributed by atoms with Crippen molar-refractivity contribution in [2.24, 2.45) is 0 Å². The topological polar surface area (TPSA) is 107 Å². The Bertz CT molecular complexity index is 720. The number of nitrogens with one attached hydrogen (secondary N) is 2. The van der Waals surface area contributed by atoms with Crippen LogP contribution in [0.4, 0.5) is 9.93 Å². The molecule has 1 aromatic heterocycles. The van der Waals surface area contributed by atoms with Crippen LogP contribution in [-0.2, 0) is 14.3 Å². The molecule has 0 radical (unpaired) electrons. The minimum absolute atomic E-state index is 0.00610. The maximum absolute atomic E-state index is 12.4. The zero-order chi connectivity index (χ0) is 21.7. The van der Waals surface area contributed by atoms with Gasteiger partial charge in [-0.25, -0.2) is 14.6 Å². The molecule has 2 amide bonds. The Labute approximate surface area is 170 Å². The Hall–Kier alpha value is -2.16. The van der Waals surface area contributed by atoms with Crippen LogP contribution >= 0.6 is 11.3 Å². The normalized spacial score (nSPS) is 11.9. The third-order valence-corrected chi connectivity index (χ3v) is 4.32. The van der Waals surface area contributed by atoms with Gasteiger partial charge in [0.05, 0.1) is 12.3 Å². The maximum atomic E-state index is 12.4. The average Bonchev–Trinajstić information content (AvgIpc) is 2.87. The molecule has 1 rings (SSSR count). The summed E-state index contributed by atoms with van der Waals surface area (Å²) in [6, 6.07) is 0. The van der Waals surface area contributed by atoms with Crippen molar-refractivity contribution in [2.75, 3.05) is 11.9 Å². The highest BCUT2D eigenvalue weighted by Gasteiger charge is 2.28. The summed E-state index contributed by atoms with van der Waals surface area (Å²) < 4.78 is 10.3. The number of amides is 2. The lowest BCUT2D eigenvalue weighted by Crippen LogP contribution is -2.47. The van der Waals surface area contributed by atoms with Crippen LogP contribution in [0.3, 0.4) is 0 Å². The van der Waals surface area contributed by atoms with Gasteiger partial charge in [0, 0.05) is 12.0 Å².